The molecule has 0 spiro atoms. The summed E-state index contributed by atoms with van der Waals surface area (Å²) in [5.41, 5.74) is 0.497. The van der Waals surface area contributed by atoms with Crippen LogP contribution in [0.15, 0.2) is 23.3 Å². The van der Waals surface area contributed by atoms with Gasteiger partial charge in [-0.2, -0.15) is 13.2 Å². The maximum atomic E-state index is 13.1. The van der Waals surface area contributed by atoms with Crippen LogP contribution in [0.5, 0.6) is 0 Å². The molecule has 0 saturated heterocycles. The number of hydrogen-bond acceptors (Lipinski definition) is 4. The van der Waals surface area contributed by atoms with Gasteiger partial charge in [-0.3, -0.25) is 14.7 Å². The van der Waals surface area contributed by atoms with E-state index in [1.165, 1.54) is 6.20 Å². The molecule has 3 rings (SSSR count). The minimum absolute atomic E-state index is 0.0908. The lowest BCUT2D eigenvalue weighted by Gasteiger charge is -2.28. The first kappa shape index (κ1) is 17.6. The van der Waals surface area contributed by atoms with E-state index in [2.05, 4.69) is 15.0 Å². The molecular weight excluding hydrogens is 333 g/mol. The van der Waals surface area contributed by atoms with Crippen LogP contribution in [0.25, 0.3) is 0 Å². The Balaban J connectivity index is 1.84. The first-order valence-electron chi connectivity index (χ1n) is 8.10. The molecule has 0 amide bonds. The first-order valence-corrected chi connectivity index (χ1v) is 8.10. The Kier molecular flexibility index (Phi) is 4.64. The SMILES string of the molecule is CC(C)c1nc2c(c(=O)[nH]1)CN(Cc1cnccc1C(F)(F)F)CC2. The van der Waals surface area contributed by atoms with E-state index in [9.17, 15) is 18.0 Å². The Morgan fingerprint density at radius 1 is 1.36 bits per heavy atom. The van der Waals surface area contributed by atoms with Gasteiger partial charge in [0.1, 0.15) is 5.82 Å². The van der Waals surface area contributed by atoms with Gasteiger partial charge in [-0.25, -0.2) is 4.98 Å². The van der Waals surface area contributed by atoms with Crippen molar-refractivity contribution in [1.29, 1.82) is 0 Å². The molecule has 0 atom stereocenters. The number of halogens is 3. The summed E-state index contributed by atoms with van der Waals surface area (Å²) in [4.78, 5) is 25.2. The summed E-state index contributed by atoms with van der Waals surface area (Å²) < 4.78 is 39.3. The van der Waals surface area contributed by atoms with Gasteiger partial charge in [0.25, 0.3) is 5.56 Å². The molecule has 25 heavy (non-hydrogen) atoms. The Morgan fingerprint density at radius 2 is 2.12 bits per heavy atom. The number of aromatic nitrogens is 3. The van der Waals surface area contributed by atoms with Crippen LogP contribution in [0.2, 0.25) is 0 Å². The van der Waals surface area contributed by atoms with E-state index in [0.29, 0.717) is 24.4 Å². The Hall–Kier alpha value is -2.22. The standard InChI is InChI=1S/C17H19F3N4O/c1-10(2)15-22-14-4-6-24(9-12(14)16(25)23-15)8-11-7-21-5-3-13(11)17(18,19)20/h3,5,7,10H,4,6,8-9H2,1-2H3,(H,22,23,25). The molecule has 1 N–H and O–H groups in total. The molecule has 0 aliphatic carbocycles. The largest absolute Gasteiger partial charge is 0.416 e. The number of aromatic amines is 1. The number of pyridine rings is 1. The van der Waals surface area contributed by atoms with Crippen molar-refractivity contribution < 1.29 is 13.2 Å². The summed E-state index contributed by atoms with van der Waals surface area (Å²) in [7, 11) is 0. The molecule has 0 aromatic carbocycles. The predicted octanol–water partition coefficient (Wildman–Crippen LogP) is 2.87. The monoisotopic (exact) mass is 352 g/mol. The highest BCUT2D eigenvalue weighted by Crippen LogP contribution is 2.32. The van der Waals surface area contributed by atoms with Crippen molar-refractivity contribution in [1.82, 2.24) is 19.9 Å². The van der Waals surface area contributed by atoms with E-state index >= 15 is 0 Å². The minimum atomic E-state index is -4.42. The van der Waals surface area contributed by atoms with Gasteiger partial charge < -0.3 is 4.98 Å². The molecule has 1 aliphatic rings. The van der Waals surface area contributed by atoms with E-state index in [1.54, 1.807) is 0 Å². The average molecular weight is 352 g/mol. The van der Waals surface area contributed by atoms with E-state index in [0.717, 1.165) is 18.0 Å². The molecule has 134 valence electrons. The maximum Gasteiger partial charge on any atom is 0.416 e. The van der Waals surface area contributed by atoms with Crippen LogP contribution in [-0.4, -0.2) is 26.4 Å². The van der Waals surface area contributed by atoms with Crippen LogP contribution in [-0.2, 0) is 25.7 Å². The van der Waals surface area contributed by atoms with Gasteiger partial charge in [0.2, 0.25) is 0 Å². The summed E-state index contributed by atoms with van der Waals surface area (Å²) in [6, 6.07) is 0.983. The van der Waals surface area contributed by atoms with Crippen molar-refractivity contribution in [3.8, 4) is 0 Å². The Bertz CT molecular complexity index is 829. The molecule has 0 fully saturated rings. The van der Waals surface area contributed by atoms with Crippen LogP contribution in [0.1, 0.15) is 48.0 Å². The highest BCUT2D eigenvalue weighted by atomic mass is 19.4. The molecule has 3 heterocycles. The Morgan fingerprint density at radius 3 is 2.80 bits per heavy atom. The first-order chi connectivity index (χ1) is 11.8. The van der Waals surface area contributed by atoms with Gasteiger partial charge in [0.05, 0.1) is 16.8 Å². The number of fused-ring (bicyclic) bond motifs is 1. The summed E-state index contributed by atoms with van der Waals surface area (Å²) >= 11 is 0. The summed E-state index contributed by atoms with van der Waals surface area (Å²) in [6.45, 7) is 4.81. The van der Waals surface area contributed by atoms with E-state index in [1.807, 2.05) is 18.7 Å². The number of nitrogens with zero attached hydrogens (tertiary/aromatic N) is 3. The van der Waals surface area contributed by atoms with Crippen molar-refractivity contribution >= 4 is 0 Å². The van der Waals surface area contributed by atoms with Crippen molar-refractivity contribution in [2.75, 3.05) is 6.54 Å². The number of rotatable bonds is 3. The van der Waals surface area contributed by atoms with Crippen LogP contribution in [0.3, 0.4) is 0 Å². The summed E-state index contributed by atoms with van der Waals surface area (Å²) in [5, 5.41) is 0. The second-order valence-corrected chi connectivity index (χ2v) is 6.52. The summed E-state index contributed by atoms with van der Waals surface area (Å²) in [6.07, 6.45) is -1.50. The highest BCUT2D eigenvalue weighted by Gasteiger charge is 2.34. The number of H-pyrrole nitrogens is 1. The van der Waals surface area contributed by atoms with Gasteiger partial charge in [0, 0.05) is 44.4 Å². The molecule has 2 aromatic heterocycles. The second kappa shape index (κ2) is 6.59. The van der Waals surface area contributed by atoms with Crippen LogP contribution < -0.4 is 5.56 Å². The van der Waals surface area contributed by atoms with Crippen LogP contribution in [0, 0.1) is 0 Å². The molecule has 0 radical (unpaired) electrons. The lowest BCUT2D eigenvalue weighted by Crippen LogP contribution is -2.36. The van der Waals surface area contributed by atoms with Crippen LogP contribution >= 0.6 is 0 Å². The van der Waals surface area contributed by atoms with Crippen molar-refractivity contribution in [2.45, 2.75) is 45.5 Å². The van der Waals surface area contributed by atoms with E-state index in [4.69, 9.17) is 0 Å². The quantitative estimate of drug-likeness (QED) is 0.923. The fourth-order valence-electron chi connectivity index (χ4n) is 2.98. The normalized spacial score (nSPS) is 15.4. The third-order valence-corrected chi connectivity index (χ3v) is 4.32. The summed E-state index contributed by atoms with van der Waals surface area (Å²) in [5.74, 6) is 0.754. The smallest absolute Gasteiger partial charge is 0.310 e. The van der Waals surface area contributed by atoms with E-state index in [-0.39, 0.29) is 30.1 Å². The molecule has 5 nitrogen and oxygen atoms in total. The lowest BCUT2D eigenvalue weighted by molar-refractivity contribution is -0.138. The van der Waals surface area contributed by atoms with Crippen molar-refractivity contribution in [2.24, 2.45) is 0 Å². The molecule has 0 unspecified atom stereocenters. The minimum Gasteiger partial charge on any atom is -0.310 e. The molecule has 8 heteroatoms. The van der Waals surface area contributed by atoms with Crippen LogP contribution in [0.4, 0.5) is 13.2 Å². The average Bonchev–Trinajstić information content (AvgIpc) is 2.54. The molecular formula is C17H19F3N4O. The molecule has 0 saturated carbocycles. The maximum absolute atomic E-state index is 13.1. The fourth-order valence-corrected chi connectivity index (χ4v) is 2.98. The van der Waals surface area contributed by atoms with Gasteiger partial charge in [-0.15, -0.1) is 0 Å². The number of hydrogen-bond donors (Lipinski definition) is 1. The molecule has 2 aromatic rings. The third-order valence-electron chi connectivity index (χ3n) is 4.32. The number of nitrogens with one attached hydrogen (secondary N) is 1. The van der Waals surface area contributed by atoms with Gasteiger partial charge >= 0.3 is 6.18 Å². The predicted molar refractivity (Wildman–Crippen MR) is 86.0 cm³/mol. The van der Waals surface area contributed by atoms with Gasteiger partial charge in [-0.1, -0.05) is 13.8 Å². The van der Waals surface area contributed by atoms with Gasteiger partial charge in [0.15, 0.2) is 0 Å². The van der Waals surface area contributed by atoms with Crippen molar-refractivity contribution in [3.05, 3.63) is 57.0 Å². The molecule has 1 aliphatic heterocycles. The second-order valence-electron chi connectivity index (χ2n) is 6.52. The lowest BCUT2D eigenvalue weighted by atomic mass is 10.0. The zero-order valence-electron chi connectivity index (χ0n) is 14.0. The topological polar surface area (TPSA) is 61.9 Å². The Labute approximate surface area is 142 Å². The molecule has 0 bridgehead atoms. The zero-order valence-corrected chi connectivity index (χ0v) is 14.0. The zero-order chi connectivity index (χ0) is 18.2. The fraction of sp³-hybridized carbons (Fsp3) is 0.471. The highest BCUT2D eigenvalue weighted by molar-refractivity contribution is 5.27. The third kappa shape index (κ3) is 3.73. The number of alkyl halides is 3. The van der Waals surface area contributed by atoms with Gasteiger partial charge in [-0.05, 0) is 11.6 Å². The van der Waals surface area contributed by atoms with E-state index < -0.39 is 11.7 Å². The van der Waals surface area contributed by atoms with Crippen molar-refractivity contribution in [3.63, 3.8) is 0 Å².